The van der Waals surface area contributed by atoms with Crippen molar-refractivity contribution in [3.8, 4) is 0 Å². The Kier molecular flexibility index (Phi) is 51.6. The first-order valence-electron chi connectivity index (χ1n) is 23.6. The molecule has 0 aromatic carbocycles. The molecule has 0 saturated carbocycles. The Bertz CT molecular complexity index is 1210. The molecule has 10 nitrogen and oxygen atoms in total. The maximum atomic E-state index is 11.4. The van der Waals surface area contributed by atoms with E-state index < -0.39 is 37.6 Å². The third-order valence-corrected chi connectivity index (χ3v) is 11.6. The van der Waals surface area contributed by atoms with Crippen LogP contribution in [0.25, 0.3) is 0 Å². The van der Waals surface area contributed by atoms with Gasteiger partial charge in [-0.15, -0.1) is 0 Å². The summed E-state index contributed by atoms with van der Waals surface area (Å²) in [6.07, 6.45) is 51.0. The van der Waals surface area contributed by atoms with E-state index in [4.69, 9.17) is 4.55 Å². The molecule has 13 heteroatoms. The number of rotatable bonds is 42. The second-order valence-electron chi connectivity index (χ2n) is 16.0. The maximum absolute atomic E-state index is 11.4. The van der Waals surface area contributed by atoms with Crippen molar-refractivity contribution in [2.24, 2.45) is 4.99 Å². The van der Waals surface area contributed by atoms with E-state index in [0.29, 0.717) is 0 Å². The molecule has 0 heterocycles. The van der Waals surface area contributed by atoms with Gasteiger partial charge in [0.2, 0.25) is 5.91 Å². The van der Waals surface area contributed by atoms with E-state index in [-0.39, 0.29) is 56.7 Å². The second kappa shape index (κ2) is 48.5. The predicted molar refractivity (Wildman–Crippen MR) is 249 cm³/mol. The van der Waals surface area contributed by atoms with Crippen molar-refractivity contribution in [1.82, 2.24) is 5.32 Å². The van der Waals surface area contributed by atoms with Crippen LogP contribution in [-0.4, -0.2) is 100 Å². The minimum Gasteiger partial charge on any atom is -0.859 e. The van der Waals surface area contributed by atoms with Crippen molar-refractivity contribution >= 4 is 69.8 Å². The molecule has 0 aliphatic carbocycles. The van der Waals surface area contributed by atoms with Gasteiger partial charge in [0.1, 0.15) is 0 Å². The summed E-state index contributed by atoms with van der Waals surface area (Å²) < 4.78 is 60.8. The summed E-state index contributed by atoms with van der Waals surface area (Å²) in [6, 6.07) is 0. The van der Waals surface area contributed by atoms with Crippen LogP contribution in [0.1, 0.15) is 232 Å². The van der Waals surface area contributed by atoms with Gasteiger partial charge >= 0.3 is 37.7 Å². The molecule has 0 saturated heterocycles. The summed E-state index contributed by atoms with van der Waals surface area (Å²) in [5.41, 5.74) is 0. The minimum atomic E-state index is -4.29. The van der Waals surface area contributed by atoms with Gasteiger partial charge in [-0.1, -0.05) is 225 Å². The number of carbonyl (C=O) groups excluding carboxylic acids is 1. The summed E-state index contributed by atoms with van der Waals surface area (Å²) in [5, 5.41) is 13.8. The van der Waals surface area contributed by atoms with Crippen LogP contribution in [0.5, 0.6) is 0 Å². The summed E-state index contributed by atoms with van der Waals surface area (Å²) in [6.45, 7) is 4.21. The van der Waals surface area contributed by atoms with Crippen LogP contribution in [0.3, 0.4) is 0 Å². The predicted octanol–water partition coefficient (Wildman–Crippen LogP) is 11.3. The molecule has 0 unspecified atom stereocenters. The van der Waals surface area contributed by atoms with Crippen LogP contribution >= 0.6 is 0 Å². The van der Waals surface area contributed by atoms with Gasteiger partial charge in [-0.25, -0.2) is 8.42 Å². The normalized spacial score (nSPS) is 12.2. The number of carbonyl (C=O) groups is 1. The number of amides is 1. The van der Waals surface area contributed by atoms with Crippen molar-refractivity contribution in [3.63, 3.8) is 0 Å². The topological polar surface area (TPSA) is 176 Å². The molecule has 1 amide bonds. The van der Waals surface area contributed by atoms with E-state index in [1.807, 2.05) is 6.08 Å². The molecule has 0 spiro atoms. The summed E-state index contributed by atoms with van der Waals surface area (Å²) in [5.74, 6) is -1.85. The number of allylic oxidation sites excluding steroid dienone is 2. The van der Waals surface area contributed by atoms with Crippen LogP contribution < -0.4 is 10.4 Å². The van der Waals surface area contributed by atoms with Gasteiger partial charge in [0.25, 0.3) is 10.1 Å². The number of aliphatic imine (C=N–C) groups is 1. The molecule has 0 rings (SSSR count). The Labute approximate surface area is 394 Å². The van der Waals surface area contributed by atoms with E-state index >= 15 is 0 Å². The molecule has 0 aromatic heterocycles. The molecule has 0 aliphatic heterocycles. The Hall–Kier alpha value is -0.500. The third-order valence-electron chi connectivity index (χ3n) is 10.2. The van der Waals surface area contributed by atoms with Crippen molar-refractivity contribution in [2.75, 3.05) is 24.6 Å². The van der Waals surface area contributed by atoms with Crippen LogP contribution in [0.2, 0.25) is 0 Å². The standard InChI is InChI=1S/2C23H45NO4S.Ca/c2*1-2-3-4-5-6-7-8-9-10-11-12-13-14-15-16-17-18-19-20-23(25)24-21-22-29(26,27)28;/h2*19-20H,2-18,21-22H2,1H3,(H,24,25)(H,26,27,28);/q;;+2/p-2/b2*20-19+;. The van der Waals surface area contributed by atoms with Gasteiger partial charge in [-0.05, 0) is 37.7 Å². The summed E-state index contributed by atoms with van der Waals surface area (Å²) in [7, 11) is -8.31. The molecule has 2 N–H and O–H groups in total. The van der Waals surface area contributed by atoms with Gasteiger partial charge in [-0.3, -0.25) is 9.35 Å². The molecule has 0 fully saturated rings. The first-order chi connectivity index (χ1) is 27.9. The number of hydrogen-bond donors (Lipinski definition) is 2. The first kappa shape index (κ1) is 62.8. The fraction of sp³-hybridized carbons (Fsp3) is 0.870. The Morgan fingerprint density at radius 3 is 1.14 bits per heavy atom. The van der Waals surface area contributed by atoms with Gasteiger partial charge in [0.05, 0.1) is 28.2 Å². The maximum Gasteiger partial charge on any atom is 2.00 e. The average molecular weight is 901 g/mol. The SMILES string of the molecule is CCCCCCCCCCCCCCCCCC/C=C/C(=O)NCCS(=O)(=O)O.CCCCCCCCCCCCCCCCCC/C=C/C([O-])=NCCS(=O)(=O)[O-].[Ca+2]. The largest absolute Gasteiger partial charge is 2.00 e. The van der Waals surface area contributed by atoms with Gasteiger partial charge < -0.3 is 20.0 Å². The van der Waals surface area contributed by atoms with Crippen LogP contribution in [0.15, 0.2) is 29.3 Å². The van der Waals surface area contributed by atoms with E-state index in [1.165, 1.54) is 205 Å². The summed E-state index contributed by atoms with van der Waals surface area (Å²) >= 11 is 0. The zero-order valence-electron chi connectivity index (χ0n) is 38.0. The molecule has 0 radical (unpaired) electrons. The number of nitrogens with one attached hydrogen (secondary N) is 1. The minimum absolute atomic E-state index is 0. The van der Waals surface area contributed by atoms with E-state index in [1.54, 1.807) is 6.08 Å². The molecule has 0 atom stereocenters. The monoisotopic (exact) mass is 901 g/mol. The second-order valence-corrected chi connectivity index (χ2v) is 19.1. The first-order valence-corrected chi connectivity index (χ1v) is 26.8. The van der Waals surface area contributed by atoms with Crippen LogP contribution in [0, 0.1) is 0 Å². The molecule has 0 aromatic rings. The fourth-order valence-corrected chi connectivity index (χ4v) is 7.35. The van der Waals surface area contributed by atoms with Gasteiger partial charge in [-0.2, -0.15) is 8.42 Å². The number of nitrogens with zero attached hydrogens (tertiary/aromatic N) is 1. The molecule has 0 bridgehead atoms. The van der Waals surface area contributed by atoms with Crippen LogP contribution in [-0.2, 0) is 25.0 Å². The Morgan fingerprint density at radius 1 is 0.525 bits per heavy atom. The van der Waals surface area contributed by atoms with Crippen molar-refractivity contribution in [3.05, 3.63) is 24.3 Å². The quantitative estimate of drug-likeness (QED) is 0.0152. The average Bonchev–Trinajstić information content (AvgIpc) is 3.16. The number of unbranched alkanes of at least 4 members (excludes halogenated alkanes) is 32. The van der Waals surface area contributed by atoms with Crippen molar-refractivity contribution in [1.29, 1.82) is 0 Å². The Morgan fingerprint density at radius 2 is 0.831 bits per heavy atom. The Balaban J connectivity index is -0.00000105. The molecular weight excluding hydrogens is 813 g/mol. The zero-order valence-corrected chi connectivity index (χ0v) is 41.8. The molecule has 0 aliphatic rings. The number of hydrogen-bond acceptors (Lipinski definition) is 8. The smallest absolute Gasteiger partial charge is 0.859 e. The zero-order chi connectivity index (χ0) is 43.3. The molecule has 344 valence electrons. The van der Waals surface area contributed by atoms with E-state index in [0.717, 1.165) is 25.7 Å². The van der Waals surface area contributed by atoms with Crippen LogP contribution in [0.4, 0.5) is 0 Å². The summed E-state index contributed by atoms with van der Waals surface area (Å²) in [4.78, 5) is 14.9. The van der Waals surface area contributed by atoms with Crippen molar-refractivity contribution in [2.45, 2.75) is 232 Å². The third kappa shape index (κ3) is 61.9. The fourth-order valence-electron chi connectivity index (χ4n) is 6.68. The molecule has 59 heavy (non-hydrogen) atoms. The van der Waals surface area contributed by atoms with E-state index in [2.05, 4.69) is 24.2 Å². The van der Waals surface area contributed by atoms with Gasteiger partial charge in [0.15, 0.2) is 0 Å². The van der Waals surface area contributed by atoms with Gasteiger partial charge in [0, 0.05) is 6.54 Å². The van der Waals surface area contributed by atoms with Crippen molar-refractivity contribution < 1.29 is 35.8 Å². The molecular formula is C46H88CaN2O8S2. The van der Waals surface area contributed by atoms with E-state index in [9.17, 15) is 31.3 Å².